The van der Waals surface area contributed by atoms with E-state index >= 15 is 0 Å². The van der Waals surface area contributed by atoms with Crippen molar-refractivity contribution < 1.29 is 23.8 Å². The molecule has 0 aliphatic heterocycles. The standard InChI is InChI=1S/C21H22FN3O4/c1-3-7-15-10-14(11-18(21(15)28)29-4-2)13-23-25-20(27)12-19(26)24-17-9-6-5-8-16(17)22/h3,5-6,8-11,13,28H,1,4,7,12H2,2H3,(H,24,26)(H,25,27). The second-order valence-electron chi connectivity index (χ2n) is 5.95. The maximum absolute atomic E-state index is 13.5. The third-order valence-corrected chi connectivity index (χ3v) is 3.71. The van der Waals surface area contributed by atoms with Crippen molar-refractivity contribution in [3.63, 3.8) is 0 Å². The van der Waals surface area contributed by atoms with Gasteiger partial charge in [-0.3, -0.25) is 9.59 Å². The summed E-state index contributed by atoms with van der Waals surface area (Å²) in [4.78, 5) is 23.7. The number of hydrazone groups is 1. The summed E-state index contributed by atoms with van der Waals surface area (Å²) in [7, 11) is 0. The number of nitrogens with zero attached hydrogens (tertiary/aromatic N) is 1. The third kappa shape index (κ3) is 6.46. The minimum atomic E-state index is -0.667. The van der Waals surface area contributed by atoms with E-state index in [4.69, 9.17) is 4.74 Å². The molecule has 0 spiro atoms. The van der Waals surface area contributed by atoms with E-state index in [0.717, 1.165) is 0 Å². The second kappa shape index (κ2) is 10.6. The number of phenolic OH excluding ortho intramolecular Hbond substituents is 1. The van der Waals surface area contributed by atoms with Gasteiger partial charge in [0.1, 0.15) is 12.2 Å². The second-order valence-corrected chi connectivity index (χ2v) is 5.95. The van der Waals surface area contributed by atoms with Crippen LogP contribution < -0.4 is 15.5 Å². The maximum atomic E-state index is 13.5. The molecule has 7 nitrogen and oxygen atoms in total. The molecule has 0 atom stereocenters. The van der Waals surface area contributed by atoms with Gasteiger partial charge in [0.15, 0.2) is 11.5 Å². The van der Waals surface area contributed by atoms with Gasteiger partial charge in [-0.2, -0.15) is 5.10 Å². The molecule has 2 amide bonds. The number of ether oxygens (including phenoxy) is 1. The molecule has 8 heteroatoms. The summed E-state index contributed by atoms with van der Waals surface area (Å²) in [6.45, 7) is 5.81. The zero-order valence-electron chi connectivity index (χ0n) is 15.9. The number of carbonyl (C=O) groups is 2. The van der Waals surface area contributed by atoms with Crippen molar-refractivity contribution in [3.05, 3.63) is 66.0 Å². The van der Waals surface area contributed by atoms with Gasteiger partial charge in [0.25, 0.3) is 0 Å². The number of hydrogen-bond donors (Lipinski definition) is 3. The molecule has 0 aliphatic rings. The summed E-state index contributed by atoms with van der Waals surface area (Å²) in [5.74, 6) is -1.60. The molecule has 0 radical (unpaired) electrons. The summed E-state index contributed by atoms with van der Waals surface area (Å²) in [6.07, 6.45) is 2.91. The molecule has 2 aromatic carbocycles. The van der Waals surface area contributed by atoms with Crippen molar-refractivity contribution in [2.45, 2.75) is 19.8 Å². The number of para-hydroxylation sites is 1. The van der Waals surface area contributed by atoms with Crippen LogP contribution in [0.25, 0.3) is 0 Å². The monoisotopic (exact) mass is 399 g/mol. The number of nitrogens with one attached hydrogen (secondary N) is 2. The molecule has 0 saturated heterocycles. The lowest BCUT2D eigenvalue weighted by molar-refractivity contribution is -0.126. The SMILES string of the molecule is C=CCc1cc(C=NNC(=O)CC(=O)Nc2ccccc2F)cc(OCC)c1O. The normalized spacial score (nSPS) is 10.6. The number of halogens is 1. The molecule has 152 valence electrons. The highest BCUT2D eigenvalue weighted by Gasteiger charge is 2.12. The number of benzene rings is 2. The van der Waals surface area contributed by atoms with Crippen LogP contribution in [0.1, 0.15) is 24.5 Å². The highest BCUT2D eigenvalue weighted by atomic mass is 19.1. The number of amides is 2. The van der Waals surface area contributed by atoms with Crippen molar-refractivity contribution in [2.24, 2.45) is 5.10 Å². The topological polar surface area (TPSA) is 100 Å². The summed E-state index contributed by atoms with van der Waals surface area (Å²) in [5.41, 5.74) is 3.41. The summed E-state index contributed by atoms with van der Waals surface area (Å²) >= 11 is 0. The van der Waals surface area contributed by atoms with E-state index in [1.807, 2.05) is 0 Å². The summed E-state index contributed by atoms with van der Waals surface area (Å²) in [6, 6.07) is 8.91. The minimum absolute atomic E-state index is 0.00361. The first-order valence-corrected chi connectivity index (χ1v) is 8.90. The van der Waals surface area contributed by atoms with Gasteiger partial charge in [0.05, 0.1) is 18.5 Å². The van der Waals surface area contributed by atoms with Crippen LogP contribution >= 0.6 is 0 Å². The Labute approximate surface area is 167 Å². The van der Waals surface area contributed by atoms with E-state index in [2.05, 4.69) is 22.4 Å². The van der Waals surface area contributed by atoms with Gasteiger partial charge in [-0.25, -0.2) is 9.82 Å². The van der Waals surface area contributed by atoms with E-state index in [1.165, 1.54) is 24.4 Å². The van der Waals surface area contributed by atoms with Crippen LogP contribution in [0.15, 0.2) is 54.2 Å². The van der Waals surface area contributed by atoms with Gasteiger partial charge < -0.3 is 15.2 Å². The number of anilines is 1. The average molecular weight is 399 g/mol. The van der Waals surface area contributed by atoms with Crippen molar-refractivity contribution >= 4 is 23.7 Å². The van der Waals surface area contributed by atoms with E-state index in [0.29, 0.717) is 29.9 Å². The van der Waals surface area contributed by atoms with Gasteiger partial charge in [-0.15, -0.1) is 6.58 Å². The molecule has 2 aromatic rings. The van der Waals surface area contributed by atoms with Crippen LogP contribution in [-0.2, 0) is 16.0 Å². The quantitative estimate of drug-likeness (QED) is 0.261. The molecule has 0 aromatic heterocycles. The predicted molar refractivity (Wildman–Crippen MR) is 109 cm³/mol. The minimum Gasteiger partial charge on any atom is -0.504 e. The first-order valence-electron chi connectivity index (χ1n) is 8.90. The summed E-state index contributed by atoms with van der Waals surface area (Å²) in [5, 5.41) is 16.3. The third-order valence-electron chi connectivity index (χ3n) is 3.71. The first kappa shape index (κ1) is 21.6. The fourth-order valence-electron chi connectivity index (χ4n) is 2.46. The van der Waals surface area contributed by atoms with Crippen LogP contribution in [0.2, 0.25) is 0 Å². The Morgan fingerprint density at radius 2 is 2.03 bits per heavy atom. The molecule has 0 saturated carbocycles. The number of rotatable bonds is 9. The molecule has 3 N–H and O–H groups in total. The zero-order valence-corrected chi connectivity index (χ0v) is 15.9. The zero-order chi connectivity index (χ0) is 21.2. The Bertz CT molecular complexity index is 928. The molecular weight excluding hydrogens is 377 g/mol. The van der Waals surface area contributed by atoms with Gasteiger partial charge in [-0.05, 0) is 43.2 Å². The fourth-order valence-corrected chi connectivity index (χ4v) is 2.46. The predicted octanol–water partition coefficient (Wildman–Crippen LogP) is 3.14. The lowest BCUT2D eigenvalue weighted by Gasteiger charge is -2.10. The molecule has 0 bridgehead atoms. The molecular formula is C21H22FN3O4. The van der Waals surface area contributed by atoms with E-state index in [9.17, 15) is 19.1 Å². The molecule has 0 aliphatic carbocycles. The molecule has 2 rings (SSSR count). The Morgan fingerprint density at radius 3 is 2.72 bits per heavy atom. The Hall–Kier alpha value is -3.68. The lowest BCUT2D eigenvalue weighted by atomic mass is 10.1. The van der Waals surface area contributed by atoms with Crippen LogP contribution in [-0.4, -0.2) is 29.7 Å². The van der Waals surface area contributed by atoms with Gasteiger partial charge >= 0.3 is 0 Å². The molecule has 0 unspecified atom stereocenters. The van der Waals surface area contributed by atoms with Crippen molar-refractivity contribution in [3.8, 4) is 11.5 Å². The molecule has 0 fully saturated rings. The van der Waals surface area contributed by atoms with Gasteiger partial charge in [-0.1, -0.05) is 18.2 Å². The van der Waals surface area contributed by atoms with E-state index in [1.54, 1.807) is 31.2 Å². The maximum Gasteiger partial charge on any atom is 0.249 e. The Morgan fingerprint density at radius 1 is 1.28 bits per heavy atom. The highest BCUT2D eigenvalue weighted by Crippen LogP contribution is 2.31. The Balaban J connectivity index is 1.97. The first-order chi connectivity index (χ1) is 13.9. The van der Waals surface area contributed by atoms with Crippen LogP contribution in [0, 0.1) is 5.82 Å². The number of phenols is 1. The van der Waals surface area contributed by atoms with Crippen molar-refractivity contribution in [1.82, 2.24) is 5.43 Å². The number of aromatic hydroxyl groups is 1. The highest BCUT2D eigenvalue weighted by molar-refractivity contribution is 6.03. The summed E-state index contributed by atoms with van der Waals surface area (Å²) < 4.78 is 18.9. The lowest BCUT2D eigenvalue weighted by Crippen LogP contribution is -2.24. The van der Waals surface area contributed by atoms with E-state index in [-0.39, 0.29) is 11.4 Å². The van der Waals surface area contributed by atoms with Crippen LogP contribution in [0.4, 0.5) is 10.1 Å². The molecule has 0 heterocycles. The number of allylic oxidation sites excluding steroid dienone is 1. The van der Waals surface area contributed by atoms with Gasteiger partial charge in [0.2, 0.25) is 11.8 Å². The fraction of sp³-hybridized carbons (Fsp3) is 0.190. The largest absolute Gasteiger partial charge is 0.504 e. The van der Waals surface area contributed by atoms with Crippen molar-refractivity contribution in [1.29, 1.82) is 0 Å². The number of hydrogen-bond acceptors (Lipinski definition) is 5. The number of carbonyl (C=O) groups excluding carboxylic acids is 2. The van der Waals surface area contributed by atoms with Crippen molar-refractivity contribution in [2.75, 3.05) is 11.9 Å². The van der Waals surface area contributed by atoms with Crippen LogP contribution in [0.3, 0.4) is 0 Å². The molecule has 29 heavy (non-hydrogen) atoms. The van der Waals surface area contributed by atoms with E-state index < -0.39 is 24.1 Å². The van der Waals surface area contributed by atoms with Crippen LogP contribution in [0.5, 0.6) is 11.5 Å². The Kier molecular flexibility index (Phi) is 7.90. The van der Waals surface area contributed by atoms with Gasteiger partial charge in [0, 0.05) is 5.56 Å². The smallest absolute Gasteiger partial charge is 0.249 e. The average Bonchev–Trinajstić information content (AvgIpc) is 2.67.